The summed E-state index contributed by atoms with van der Waals surface area (Å²) in [6, 6.07) is 4.13. The predicted molar refractivity (Wildman–Crippen MR) is 87.3 cm³/mol. The normalized spacial score (nSPS) is 11.7. The molecule has 2 aromatic rings. The third-order valence-electron chi connectivity index (χ3n) is 2.62. The highest BCUT2D eigenvalue weighted by molar-refractivity contribution is 7.93. The van der Waals surface area contributed by atoms with E-state index in [1.54, 1.807) is 6.92 Å². The van der Waals surface area contributed by atoms with Crippen LogP contribution in [-0.4, -0.2) is 13.5 Å². The second kappa shape index (κ2) is 6.32. The summed E-state index contributed by atoms with van der Waals surface area (Å²) in [5.41, 5.74) is 0.141. The maximum Gasteiger partial charge on any atom is 0.263 e. The number of rotatable bonds is 4. The molecule has 1 aromatic carbocycles. The van der Waals surface area contributed by atoms with Crippen LogP contribution >= 0.6 is 46.1 Å². The van der Waals surface area contributed by atoms with E-state index in [0.29, 0.717) is 9.75 Å². The molecule has 1 aromatic heterocycles. The average Bonchev–Trinajstić information content (AvgIpc) is 2.78. The van der Waals surface area contributed by atoms with E-state index >= 15 is 0 Å². The maximum atomic E-state index is 12.4. The summed E-state index contributed by atoms with van der Waals surface area (Å²) in [5, 5.41) is 9.65. The number of aliphatic hydroxyl groups excluding tert-OH is 1. The average molecular weight is 387 g/mol. The van der Waals surface area contributed by atoms with Crippen molar-refractivity contribution in [3.05, 3.63) is 43.0 Å². The fraction of sp³-hybridized carbons (Fsp3) is 0.167. The van der Waals surface area contributed by atoms with Gasteiger partial charge in [0.2, 0.25) is 0 Å². The molecule has 0 aliphatic rings. The Morgan fingerprint density at radius 2 is 1.76 bits per heavy atom. The fourth-order valence-corrected chi connectivity index (χ4v) is 4.89. The van der Waals surface area contributed by atoms with Gasteiger partial charge in [0.1, 0.15) is 4.90 Å². The minimum absolute atomic E-state index is 0.0960. The lowest BCUT2D eigenvalue weighted by molar-refractivity contribution is 0.285. The highest BCUT2D eigenvalue weighted by Crippen LogP contribution is 2.34. The molecule has 9 heteroatoms. The molecule has 0 spiro atoms. The molecule has 4 nitrogen and oxygen atoms in total. The highest BCUT2D eigenvalue weighted by Gasteiger charge is 2.21. The van der Waals surface area contributed by atoms with Crippen LogP contribution in [0, 0.1) is 6.92 Å². The Labute approximate surface area is 141 Å². The summed E-state index contributed by atoms with van der Waals surface area (Å²) in [6.45, 7) is 1.45. The summed E-state index contributed by atoms with van der Waals surface area (Å²) in [7, 11) is -3.82. The van der Waals surface area contributed by atoms with Crippen LogP contribution in [0.25, 0.3) is 0 Å². The Bertz CT molecular complexity index is 787. The number of anilines is 1. The van der Waals surface area contributed by atoms with E-state index in [2.05, 4.69) is 4.72 Å². The molecule has 2 rings (SSSR count). The number of hydrogen-bond donors (Lipinski definition) is 2. The molecular weight excluding hydrogens is 377 g/mol. The number of aryl methyl sites for hydroxylation is 1. The first kappa shape index (κ1) is 16.9. The second-order valence-electron chi connectivity index (χ2n) is 4.14. The summed E-state index contributed by atoms with van der Waals surface area (Å²) in [5.74, 6) is 0. The van der Waals surface area contributed by atoms with E-state index in [9.17, 15) is 8.42 Å². The minimum Gasteiger partial charge on any atom is -0.391 e. The smallest absolute Gasteiger partial charge is 0.263 e. The molecule has 0 saturated carbocycles. The lowest BCUT2D eigenvalue weighted by atomic mass is 10.3. The van der Waals surface area contributed by atoms with Gasteiger partial charge in [-0.05, 0) is 25.1 Å². The summed E-state index contributed by atoms with van der Waals surface area (Å²) in [6.07, 6.45) is 0. The van der Waals surface area contributed by atoms with Gasteiger partial charge in [0, 0.05) is 9.75 Å². The van der Waals surface area contributed by atoms with Crippen LogP contribution in [0.4, 0.5) is 5.69 Å². The van der Waals surface area contributed by atoms with Gasteiger partial charge in [-0.1, -0.05) is 34.8 Å². The molecule has 1 heterocycles. The van der Waals surface area contributed by atoms with Crippen molar-refractivity contribution in [1.29, 1.82) is 0 Å². The Hall–Kier alpha value is -0.500. The van der Waals surface area contributed by atoms with E-state index in [1.807, 2.05) is 0 Å². The number of sulfonamides is 1. The Balaban J connectivity index is 2.42. The molecule has 0 aliphatic carbocycles. The van der Waals surface area contributed by atoms with Crippen molar-refractivity contribution in [2.24, 2.45) is 0 Å². The molecule has 21 heavy (non-hydrogen) atoms. The topological polar surface area (TPSA) is 66.4 Å². The third-order valence-corrected chi connectivity index (χ3v) is 6.31. The van der Waals surface area contributed by atoms with Crippen LogP contribution in [0.5, 0.6) is 0 Å². The van der Waals surface area contributed by atoms with Gasteiger partial charge in [-0.3, -0.25) is 4.72 Å². The molecule has 0 atom stereocenters. The van der Waals surface area contributed by atoms with Crippen LogP contribution in [0.3, 0.4) is 0 Å². The second-order valence-corrected chi connectivity index (χ2v) is 8.36. The molecule has 2 N–H and O–H groups in total. The monoisotopic (exact) mass is 385 g/mol. The van der Waals surface area contributed by atoms with Crippen LogP contribution in [-0.2, 0) is 16.6 Å². The highest BCUT2D eigenvalue weighted by atomic mass is 35.5. The number of nitrogens with one attached hydrogen (secondary N) is 1. The first-order valence-electron chi connectivity index (χ1n) is 5.62. The zero-order valence-electron chi connectivity index (χ0n) is 10.7. The van der Waals surface area contributed by atoms with Crippen molar-refractivity contribution in [3.63, 3.8) is 0 Å². The zero-order valence-corrected chi connectivity index (χ0v) is 14.6. The lowest BCUT2D eigenvalue weighted by Gasteiger charge is -2.10. The third kappa shape index (κ3) is 3.64. The van der Waals surface area contributed by atoms with Gasteiger partial charge in [0.05, 0.1) is 27.4 Å². The van der Waals surface area contributed by atoms with E-state index in [4.69, 9.17) is 39.9 Å². The van der Waals surface area contributed by atoms with E-state index < -0.39 is 10.0 Å². The van der Waals surface area contributed by atoms with Crippen molar-refractivity contribution in [3.8, 4) is 0 Å². The number of aliphatic hydroxyl groups is 1. The van der Waals surface area contributed by atoms with Crippen LogP contribution < -0.4 is 4.72 Å². The first-order chi connectivity index (χ1) is 9.74. The molecule has 0 fully saturated rings. The Kier molecular flexibility index (Phi) is 5.07. The summed E-state index contributed by atoms with van der Waals surface area (Å²) in [4.78, 5) is 1.23. The van der Waals surface area contributed by atoms with Gasteiger partial charge in [-0.25, -0.2) is 8.42 Å². The molecule has 0 radical (unpaired) electrons. The van der Waals surface area contributed by atoms with Crippen molar-refractivity contribution in [2.45, 2.75) is 18.4 Å². The van der Waals surface area contributed by atoms with Crippen molar-refractivity contribution in [2.75, 3.05) is 4.72 Å². The number of benzene rings is 1. The summed E-state index contributed by atoms with van der Waals surface area (Å²) < 4.78 is 27.1. The van der Waals surface area contributed by atoms with Gasteiger partial charge in [-0.2, -0.15) is 0 Å². The van der Waals surface area contributed by atoms with Crippen molar-refractivity contribution < 1.29 is 13.5 Å². The predicted octanol–water partition coefficient (Wildman–Crippen LogP) is 4.31. The standard InChI is InChI=1S/C12H10Cl3NO3S2/c1-6-12(2-7(5-17)20-6)21(18,19)16-11-4-9(14)8(13)3-10(11)15/h2-4,16-17H,5H2,1H3. The van der Waals surface area contributed by atoms with E-state index in [0.717, 1.165) is 0 Å². The van der Waals surface area contributed by atoms with Crippen LogP contribution in [0.1, 0.15) is 9.75 Å². The fourth-order valence-electron chi connectivity index (χ4n) is 1.67. The first-order valence-corrected chi connectivity index (χ1v) is 9.05. The molecule has 0 saturated heterocycles. The van der Waals surface area contributed by atoms with Gasteiger partial charge < -0.3 is 5.11 Å². The number of thiophene rings is 1. The van der Waals surface area contributed by atoms with Crippen LogP contribution in [0.15, 0.2) is 23.1 Å². The van der Waals surface area contributed by atoms with Gasteiger partial charge in [-0.15, -0.1) is 11.3 Å². The van der Waals surface area contributed by atoms with E-state index in [1.165, 1.54) is 29.5 Å². The molecule has 0 bridgehead atoms. The van der Waals surface area contributed by atoms with Crippen LogP contribution in [0.2, 0.25) is 15.1 Å². The molecule has 0 amide bonds. The molecule has 0 aliphatic heterocycles. The zero-order chi connectivity index (χ0) is 15.8. The quantitative estimate of drug-likeness (QED) is 0.769. The SMILES string of the molecule is Cc1sc(CO)cc1S(=O)(=O)Nc1cc(Cl)c(Cl)cc1Cl. The Morgan fingerprint density at radius 3 is 2.33 bits per heavy atom. The van der Waals surface area contributed by atoms with Gasteiger partial charge >= 0.3 is 0 Å². The maximum absolute atomic E-state index is 12.4. The lowest BCUT2D eigenvalue weighted by Crippen LogP contribution is -2.13. The molecule has 114 valence electrons. The minimum atomic E-state index is -3.82. The molecular formula is C12H10Cl3NO3S2. The number of halogens is 3. The van der Waals surface area contributed by atoms with Crippen molar-refractivity contribution >= 4 is 61.9 Å². The van der Waals surface area contributed by atoms with Crippen molar-refractivity contribution in [1.82, 2.24) is 0 Å². The Morgan fingerprint density at radius 1 is 1.14 bits per heavy atom. The van der Waals surface area contributed by atoms with Gasteiger partial charge in [0.25, 0.3) is 10.0 Å². The summed E-state index contributed by atoms with van der Waals surface area (Å²) >= 11 is 18.8. The number of hydrogen-bond acceptors (Lipinski definition) is 4. The largest absolute Gasteiger partial charge is 0.391 e. The molecule has 0 unspecified atom stereocenters. The van der Waals surface area contributed by atoms with E-state index in [-0.39, 0.29) is 32.3 Å². The van der Waals surface area contributed by atoms with Gasteiger partial charge in [0.15, 0.2) is 0 Å².